The average Bonchev–Trinajstić information content (AvgIpc) is 2.30. The summed E-state index contributed by atoms with van der Waals surface area (Å²) in [6.07, 6.45) is 2.26. The number of aromatic nitrogens is 1. The van der Waals surface area contributed by atoms with Crippen molar-refractivity contribution in [1.82, 2.24) is 4.98 Å². The first-order valence-corrected chi connectivity index (χ1v) is 5.57. The van der Waals surface area contributed by atoms with Crippen molar-refractivity contribution in [3.05, 3.63) is 27.9 Å². The normalized spacial score (nSPS) is 12.2. The maximum absolute atomic E-state index is 10.5. The molecule has 6 heteroatoms. The van der Waals surface area contributed by atoms with E-state index in [1.165, 1.54) is 12.3 Å². The Bertz CT molecular complexity index is 396. The fourth-order valence-electron chi connectivity index (χ4n) is 1.41. The molecule has 17 heavy (non-hydrogen) atoms. The van der Waals surface area contributed by atoms with Crippen LogP contribution < -0.4 is 5.32 Å². The first kappa shape index (κ1) is 13.4. The maximum atomic E-state index is 10.5. The van der Waals surface area contributed by atoms with Gasteiger partial charge in [-0.3, -0.25) is 10.1 Å². The molecule has 2 N–H and O–H groups in total. The van der Waals surface area contributed by atoms with Crippen molar-refractivity contribution >= 4 is 11.5 Å². The molecule has 0 saturated heterocycles. The molecule has 94 valence electrons. The molecule has 1 rings (SSSR count). The Kier molecular flexibility index (Phi) is 4.84. The Labute approximate surface area is 99.8 Å². The lowest BCUT2D eigenvalue weighted by Crippen LogP contribution is -2.13. The van der Waals surface area contributed by atoms with E-state index in [4.69, 9.17) is 0 Å². The van der Waals surface area contributed by atoms with Crippen LogP contribution in [0.25, 0.3) is 0 Å². The second-order valence-corrected chi connectivity index (χ2v) is 3.89. The molecule has 0 saturated carbocycles. The molecular weight excluding hydrogens is 222 g/mol. The minimum Gasteiger partial charge on any atom is -0.393 e. The number of hydrogen-bond donors (Lipinski definition) is 2. The monoisotopic (exact) mass is 239 g/mol. The van der Waals surface area contributed by atoms with Gasteiger partial charge in [-0.1, -0.05) is 6.92 Å². The van der Waals surface area contributed by atoms with Gasteiger partial charge >= 0.3 is 0 Å². The second-order valence-electron chi connectivity index (χ2n) is 3.89. The first-order valence-electron chi connectivity index (χ1n) is 5.57. The summed E-state index contributed by atoms with van der Waals surface area (Å²) in [4.78, 5) is 14.0. The van der Waals surface area contributed by atoms with E-state index in [2.05, 4.69) is 10.3 Å². The van der Waals surface area contributed by atoms with Crippen molar-refractivity contribution in [1.29, 1.82) is 0 Å². The summed E-state index contributed by atoms with van der Waals surface area (Å²) in [7, 11) is 0. The van der Waals surface area contributed by atoms with Crippen LogP contribution >= 0.6 is 0 Å². The standard InChI is InChI=1S/C11H17N3O3/c1-3-10(15)4-5-12-11-8(2)6-9(7-13-11)14(16)17/h6-7,10,15H,3-5H2,1-2H3,(H,12,13). The van der Waals surface area contributed by atoms with Gasteiger partial charge in [0.25, 0.3) is 5.69 Å². The quantitative estimate of drug-likeness (QED) is 0.584. The zero-order valence-electron chi connectivity index (χ0n) is 10.0. The number of aliphatic hydroxyl groups is 1. The summed E-state index contributed by atoms with van der Waals surface area (Å²) >= 11 is 0. The number of aliphatic hydroxyl groups excluding tert-OH is 1. The van der Waals surface area contributed by atoms with Gasteiger partial charge in [-0.05, 0) is 25.3 Å². The fraction of sp³-hybridized carbons (Fsp3) is 0.545. The molecule has 0 spiro atoms. The lowest BCUT2D eigenvalue weighted by molar-refractivity contribution is -0.385. The van der Waals surface area contributed by atoms with Gasteiger partial charge < -0.3 is 10.4 Å². The van der Waals surface area contributed by atoms with Gasteiger partial charge in [0.05, 0.1) is 11.0 Å². The average molecular weight is 239 g/mol. The zero-order valence-corrected chi connectivity index (χ0v) is 10.0. The van der Waals surface area contributed by atoms with Crippen molar-refractivity contribution in [2.24, 2.45) is 0 Å². The molecule has 0 radical (unpaired) electrons. The van der Waals surface area contributed by atoms with Crippen LogP contribution in [0.2, 0.25) is 0 Å². The number of anilines is 1. The van der Waals surface area contributed by atoms with Gasteiger partial charge in [0.2, 0.25) is 0 Å². The molecule has 1 unspecified atom stereocenters. The molecule has 1 aromatic rings. The number of nitrogens with zero attached hydrogens (tertiary/aromatic N) is 2. The second kappa shape index (κ2) is 6.15. The van der Waals surface area contributed by atoms with Crippen LogP contribution in [-0.2, 0) is 0 Å². The zero-order chi connectivity index (χ0) is 12.8. The van der Waals surface area contributed by atoms with E-state index in [9.17, 15) is 15.2 Å². The van der Waals surface area contributed by atoms with Crippen molar-refractivity contribution in [3.8, 4) is 0 Å². The Balaban J connectivity index is 2.57. The molecule has 0 fully saturated rings. The smallest absolute Gasteiger partial charge is 0.287 e. The van der Waals surface area contributed by atoms with E-state index in [0.29, 0.717) is 25.2 Å². The number of nitrogens with one attached hydrogen (secondary N) is 1. The molecule has 1 atom stereocenters. The largest absolute Gasteiger partial charge is 0.393 e. The predicted molar refractivity (Wildman–Crippen MR) is 65.0 cm³/mol. The Hall–Kier alpha value is -1.69. The minimum atomic E-state index is -0.468. The molecule has 0 bridgehead atoms. The Morgan fingerprint density at radius 3 is 2.88 bits per heavy atom. The number of aryl methyl sites for hydroxylation is 1. The highest BCUT2D eigenvalue weighted by Gasteiger charge is 2.09. The minimum absolute atomic E-state index is 0.0124. The summed E-state index contributed by atoms with van der Waals surface area (Å²) in [6, 6.07) is 1.48. The molecule has 0 aliphatic carbocycles. The Morgan fingerprint density at radius 1 is 1.65 bits per heavy atom. The molecule has 0 aromatic carbocycles. The third-order valence-corrected chi connectivity index (χ3v) is 2.52. The lowest BCUT2D eigenvalue weighted by atomic mass is 10.2. The third kappa shape index (κ3) is 3.99. The van der Waals surface area contributed by atoms with Crippen LogP contribution in [0.5, 0.6) is 0 Å². The summed E-state index contributed by atoms with van der Waals surface area (Å²) in [5.74, 6) is 0.624. The lowest BCUT2D eigenvalue weighted by Gasteiger charge is -2.10. The topological polar surface area (TPSA) is 88.3 Å². The Morgan fingerprint density at radius 2 is 2.35 bits per heavy atom. The van der Waals surface area contributed by atoms with Gasteiger partial charge in [-0.25, -0.2) is 4.98 Å². The van der Waals surface area contributed by atoms with Crippen molar-refractivity contribution in [3.63, 3.8) is 0 Å². The van der Waals surface area contributed by atoms with Gasteiger partial charge in [0.15, 0.2) is 0 Å². The van der Waals surface area contributed by atoms with Gasteiger partial charge in [0.1, 0.15) is 12.0 Å². The van der Waals surface area contributed by atoms with Crippen molar-refractivity contribution < 1.29 is 10.0 Å². The highest BCUT2D eigenvalue weighted by atomic mass is 16.6. The van der Waals surface area contributed by atoms with E-state index in [0.717, 1.165) is 5.56 Å². The van der Waals surface area contributed by atoms with Crippen LogP contribution in [0.3, 0.4) is 0 Å². The van der Waals surface area contributed by atoms with Crippen LogP contribution in [-0.4, -0.2) is 27.7 Å². The molecule has 0 aliphatic heterocycles. The summed E-state index contributed by atoms with van der Waals surface area (Å²) in [6.45, 7) is 4.28. The predicted octanol–water partition coefficient (Wildman–Crippen LogP) is 1.87. The third-order valence-electron chi connectivity index (χ3n) is 2.52. The summed E-state index contributed by atoms with van der Waals surface area (Å²) in [5.41, 5.74) is 0.715. The van der Waals surface area contributed by atoms with Crippen molar-refractivity contribution in [2.45, 2.75) is 32.8 Å². The van der Waals surface area contributed by atoms with Crippen LogP contribution in [0, 0.1) is 17.0 Å². The first-order chi connectivity index (χ1) is 8.04. The summed E-state index contributed by atoms with van der Waals surface area (Å²) in [5, 5.41) is 22.9. The number of hydrogen-bond acceptors (Lipinski definition) is 5. The summed E-state index contributed by atoms with van der Waals surface area (Å²) < 4.78 is 0. The highest BCUT2D eigenvalue weighted by Crippen LogP contribution is 2.17. The van der Waals surface area contributed by atoms with Crippen molar-refractivity contribution in [2.75, 3.05) is 11.9 Å². The van der Waals surface area contributed by atoms with E-state index in [1.807, 2.05) is 6.92 Å². The molecule has 1 aromatic heterocycles. The van der Waals surface area contributed by atoms with E-state index in [-0.39, 0.29) is 11.8 Å². The van der Waals surface area contributed by atoms with E-state index < -0.39 is 4.92 Å². The van der Waals surface area contributed by atoms with E-state index in [1.54, 1.807) is 6.92 Å². The molecule has 1 heterocycles. The van der Waals surface area contributed by atoms with Crippen LogP contribution in [0.15, 0.2) is 12.3 Å². The molecule has 6 nitrogen and oxygen atoms in total. The number of rotatable bonds is 6. The highest BCUT2D eigenvalue weighted by molar-refractivity contribution is 5.48. The van der Waals surface area contributed by atoms with Crippen LogP contribution in [0.1, 0.15) is 25.3 Å². The maximum Gasteiger partial charge on any atom is 0.287 e. The SMILES string of the molecule is CCC(O)CCNc1ncc([N+](=O)[O-])cc1C. The molecular formula is C11H17N3O3. The fourth-order valence-corrected chi connectivity index (χ4v) is 1.41. The number of pyridine rings is 1. The van der Waals surface area contributed by atoms with Gasteiger partial charge in [0, 0.05) is 12.6 Å². The van der Waals surface area contributed by atoms with E-state index >= 15 is 0 Å². The van der Waals surface area contributed by atoms with Gasteiger partial charge in [-0.2, -0.15) is 0 Å². The molecule has 0 aliphatic rings. The van der Waals surface area contributed by atoms with Crippen LogP contribution in [0.4, 0.5) is 11.5 Å². The molecule has 0 amide bonds. The number of nitro groups is 1. The van der Waals surface area contributed by atoms with Gasteiger partial charge in [-0.15, -0.1) is 0 Å².